The van der Waals surface area contributed by atoms with Gasteiger partial charge in [-0.3, -0.25) is 9.50 Å². The third kappa shape index (κ3) is 4.05. The SMILES string of the molecule is Cc1cc(Nc2nc(C3=CCCNC3)cn3c(-c4cn[nH]c4)cnc23)sc1S(=O)(=O)N1CCCC1. The van der Waals surface area contributed by atoms with Gasteiger partial charge in [0.15, 0.2) is 11.5 Å². The molecule has 182 valence electrons. The summed E-state index contributed by atoms with van der Waals surface area (Å²) in [5.41, 5.74) is 5.16. The summed E-state index contributed by atoms with van der Waals surface area (Å²) in [4.78, 5) is 9.55. The summed E-state index contributed by atoms with van der Waals surface area (Å²) in [6.45, 7) is 4.70. The van der Waals surface area contributed by atoms with Crippen molar-refractivity contribution in [1.82, 2.24) is 34.2 Å². The van der Waals surface area contributed by atoms with E-state index in [1.54, 1.807) is 16.7 Å². The van der Waals surface area contributed by atoms with Crippen LogP contribution in [0.15, 0.2) is 41.1 Å². The molecule has 0 saturated carbocycles. The molecular formula is C23H26N8O2S2. The summed E-state index contributed by atoms with van der Waals surface area (Å²) in [5, 5.41) is 14.4. The highest BCUT2D eigenvalue weighted by Crippen LogP contribution is 2.36. The van der Waals surface area contributed by atoms with Crippen molar-refractivity contribution >= 4 is 43.4 Å². The summed E-state index contributed by atoms with van der Waals surface area (Å²) in [5.74, 6) is 0.579. The number of sulfonamides is 1. The fourth-order valence-electron chi connectivity index (χ4n) is 4.62. The molecule has 1 fully saturated rings. The standard InChI is InChI=1S/C23H26N8O2S2/c1-15-9-20(34-23(15)35(32,33)30-7-2-3-8-30)29-21-22-25-13-19(17-11-26-27-12-17)31(22)14-18(28-21)16-5-4-6-24-10-16/h5,9,11-14,24H,2-4,6-8,10H2,1H3,(H,26,27)(H,28,29). The molecule has 35 heavy (non-hydrogen) atoms. The van der Waals surface area contributed by atoms with Gasteiger partial charge in [0, 0.05) is 37.6 Å². The van der Waals surface area contributed by atoms with Gasteiger partial charge in [-0.1, -0.05) is 6.08 Å². The average molecular weight is 511 g/mol. The highest BCUT2D eigenvalue weighted by atomic mass is 32.2. The first-order chi connectivity index (χ1) is 17.0. The highest BCUT2D eigenvalue weighted by molar-refractivity contribution is 7.91. The first-order valence-electron chi connectivity index (χ1n) is 11.7. The smallest absolute Gasteiger partial charge is 0.252 e. The van der Waals surface area contributed by atoms with Crippen molar-refractivity contribution in [3.05, 3.63) is 48.2 Å². The van der Waals surface area contributed by atoms with Crippen molar-refractivity contribution in [2.45, 2.75) is 30.4 Å². The lowest BCUT2D eigenvalue weighted by Crippen LogP contribution is -2.27. The molecule has 0 radical (unpaired) electrons. The van der Waals surface area contributed by atoms with Gasteiger partial charge in [0.05, 0.1) is 28.8 Å². The van der Waals surface area contributed by atoms with E-state index in [1.165, 1.54) is 11.3 Å². The number of rotatable bonds is 6. The Labute approximate surface area is 207 Å². The quantitative estimate of drug-likeness (QED) is 0.364. The van der Waals surface area contributed by atoms with Gasteiger partial charge >= 0.3 is 0 Å². The molecule has 6 rings (SSSR count). The van der Waals surface area contributed by atoms with Crippen LogP contribution in [0.3, 0.4) is 0 Å². The number of fused-ring (bicyclic) bond motifs is 1. The summed E-state index contributed by atoms with van der Waals surface area (Å²) in [6.07, 6.45) is 12.4. The number of thiophene rings is 1. The fraction of sp³-hybridized carbons (Fsp3) is 0.348. The predicted octanol–water partition coefficient (Wildman–Crippen LogP) is 3.39. The zero-order chi connectivity index (χ0) is 24.0. The van der Waals surface area contributed by atoms with Gasteiger partial charge in [0.1, 0.15) is 4.21 Å². The maximum atomic E-state index is 13.2. The van der Waals surface area contributed by atoms with Gasteiger partial charge in [0.25, 0.3) is 10.0 Å². The van der Waals surface area contributed by atoms with E-state index >= 15 is 0 Å². The molecule has 0 aromatic carbocycles. The summed E-state index contributed by atoms with van der Waals surface area (Å²) in [7, 11) is -3.49. The van der Waals surface area contributed by atoms with Crippen molar-refractivity contribution in [2.75, 3.05) is 31.5 Å². The minimum atomic E-state index is -3.49. The van der Waals surface area contributed by atoms with Crippen molar-refractivity contribution in [3.8, 4) is 11.3 Å². The van der Waals surface area contributed by atoms with Crippen LogP contribution in [0.2, 0.25) is 0 Å². The summed E-state index contributed by atoms with van der Waals surface area (Å²) >= 11 is 1.24. The zero-order valence-electron chi connectivity index (χ0n) is 19.3. The van der Waals surface area contributed by atoms with E-state index in [0.29, 0.717) is 28.8 Å². The second-order valence-electron chi connectivity index (χ2n) is 8.81. The molecule has 0 amide bonds. The van der Waals surface area contributed by atoms with Gasteiger partial charge in [-0.25, -0.2) is 18.4 Å². The molecule has 6 heterocycles. The van der Waals surface area contributed by atoms with Crippen LogP contribution in [-0.2, 0) is 10.0 Å². The Kier molecular flexibility index (Phi) is 5.67. The molecule has 0 aliphatic carbocycles. The second kappa shape index (κ2) is 8.86. The number of hydrogen-bond acceptors (Lipinski definition) is 8. The molecule has 1 saturated heterocycles. The molecule has 0 atom stereocenters. The van der Waals surface area contributed by atoms with Crippen molar-refractivity contribution in [3.63, 3.8) is 0 Å². The molecule has 10 nitrogen and oxygen atoms in total. The number of H-pyrrole nitrogens is 1. The number of nitrogens with zero attached hydrogens (tertiary/aromatic N) is 5. The van der Waals surface area contributed by atoms with E-state index < -0.39 is 10.0 Å². The number of hydrogen-bond donors (Lipinski definition) is 3. The number of anilines is 2. The Bertz CT molecular complexity index is 1510. The Morgan fingerprint density at radius 3 is 2.80 bits per heavy atom. The summed E-state index contributed by atoms with van der Waals surface area (Å²) < 4.78 is 30.3. The topological polar surface area (TPSA) is 120 Å². The average Bonchev–Trinajstić information content (AvgIpc) is 3.66. The molecular weight excluding hydrogens is 484 g/mol. The largest absolute Gasteiger partial charge is 0.329 e. The van der Waals surface area contributed by atoms with Crippen molar-refractivity contribution in [2.24, 2.45) is 0 Å². The molecule has 3 N–H and O–H groups in total. The first kappa shape index (κ1) is 22.4. The molecule has 0 unspecified atom stereocenters. The Balaban J connectivity index is 1.43. The number of aromatic nitrogens is 5. The number of imidazole rings is 1. The maximum absolute atomic E-state index is 13.2. The molecule has 2 aliphatic heterocycles. The predicted molar refractivity (Wildman–Crippen MR) is 136 cm³/mol. The Hall–Kier alpha value is -3.06. The Morgan fingerprint density at radius 1 is 1.20 bits per heavy atom. The van der Waals surface area contributed by atoms with Crippen LogP contribution in [0.1, 0.15) is 30.5 Å². The van der Waals surface area contributed by atoms with E-state index in [0.717, 1.165) is 65.4 Å². The minimum Gasteiger partial charge on any atom is -0.329 e. The van der Waals surface area contributed by atoms with Crippen LogP contribution in [0, 0.1) is 6.92 Å². The lowest BCUT2D eigenvalue weighted by Gasteiger charge is -2.16. The van der Waals surface area contributed by atoms with Crippen LogP contribution >= 0.6 is 11.3 Å². The van der Waals surface area contributed by atoms with Crippen LogP contribution in [-0.4, -0.2) is 63.5 Å². The molecule has 12 heteroatoms. The maximum Gasteiger partial charge on any atom is 0.252 e. The van der Waals surface area contributed by atoms with Crippen molar-refractivity contribution < 1.29 is 8.42 Å². The first-order valence-corrected chi connectivity index (χ1v) is 13.9. The van der Waals surface area contributed by atoms with Gasteiger partial charge in [-0.15, -0.1) is 11.3 Å². The lowest BCUT2D eigenvalue weighted by atomic mass is 10.1. The van der Waals surface area contributed by atoms with Gasteiger partial charge in [-0.05, 0) is 49.9 Å². The van der Waals surface area contributed by atoms with Crippen LogP contribution in [0.4, 0.5) is 10.8 Å². The molecule has 4 aromatic rings. The van der Waals surface area contributed by atoms with Crippen LogP contribution in [0.5, 0.6) is 0 Å². The highest BCUT2D eigenvalue weighted by Gasteiger charge is 2.30. The van der Waals surface area contributed by atoms with E-state index in [1.807, 2.05) is 29.8 Å². The fourth-order valence-corrected chi connectivity index (χ4v) is 7.86. The van der Waals surface area contributed by atoms with Crippen LogP contribution < -0.4 is 10.6 Å². The number of aromatic amines is 1. The third-order valence-electron chi connectivity index (χ3n) is 6.40. The summed E-state index contributed by atoms with van der Waals surface area (Å²) in [6, 6.07) is 1.87. The number of nitrogens with one attached hydrogen (secondary N) is 3. The Morgan fingerprint density at radius 2 is 2.06 bits per heavy atom. The van der Waals surface area contributed by atoms with E-state index in [2.05, 4.69) is 31.9 Å². The van der Waals surface area contributed by atoms with Crippen LogP contribution in [0.25, 0.3) is 22.5 Å². The molecule has 0 bridgehead atoms. The lowest BCUT2D eigenvalue weighted by molar-refractivity contribution is 0.479. The second-order valence-corrected chi connectivity index (χ2v) is 12.0. The van der Waals surface area contributed by atoms with Gasteiger partial charge in [0.2, 0.25) is 0 Å². The van der Waals surface area contributed by atoms with Gasteiger partial charge in [-0.2, -0.15) is 9.40 Å². The monoisotopic (exact) mass is 510 g/mol. The van der Waals surface area contributed by atoms with Gasteiger partial charge < -0.3 is 10.6 Å². The normalized spacial score (nSPS) is 17.2. The number of aryl methyl sites for hydroxylation is 1. The molecule has 0 spiro atoms. The third-order valence-corrected chi connectivity index (χ3v) is 10.1. The minimum absolute atomic E-state index is 0.385. The molecule has 2 aliphatic rings. The van der Waals surface area contributed by atoms with Crippen molar-refractivity contribution in [1.29, 1.82) is 0 Å². The van der Waals surface area contributed by atoms with E-state index in [4.69, 9.17) is 4.98 Å². The zero-order valence-corrected chi connectivity index (χ0v) is 20.9. The van der Waals surface area contributed by atoms with E-state index in [-0.39, 0.29) is 0 Å². The molecule has 4 aromatic heterocycles. The van der Waals surface area contributed by atoms with E-state index in [9.17, 15) is 8.42 Å².